The van der Waals surface area contributed by atoms with Gasteiger partial charge < -0.3 is 38.6 Å². The van der Waals surface area contributed by atoms with Crippen LogP contribution in [0.15, 0.2) is 187 Å². The average Bonchev–Trinajstić information content (AvgIpc) is 3.32. The van der Waals surface area contributed by atoms with E-state index in [1.54, 1.807) is 11.8 Å². The van der Waals surface area contributed by atoms with E-state index in [1.165, 1.54) is 0 Å². The van der Waals surface area contributed by atoms with Gasteiger partial charge in [0.25, 0.3) is 0 Å². The van der Waals surface area contributed by atoms with Crippen molar-refractivity contribution in [1.29, 1.82) is 0 Å². The summed E-state index contributed by atoms with van der Waals surface area (Å²) >= 11 is 1.68. The molecule has 8 nitrogen and oxygen atoms in total. The zero-order chi connectivity index (χ0) is 42.4. The highest BCUT2D eigenvalue weighted by atomic mass is 32.2. The van der Waals surface area contributed by atoms with Crippen LogP contribution in [-0.2, 0) is 61.5 Å². The maximum atomic E-state index is 12.3. The van der Waals surface area contributed by atoms with Crippen molar-refractivity contribution in [3.63, 3.8) is 0 Å². The minimum Gasteiger partial charge on any atom is -0.390 e. The predicted octanol–water partition coefficient (Wildman–Crippen LogP) is 9.36. The molecule has 62 heavy (non-hydrogen) atoms. The first-order valence-corrected chi connectivity index (χ1v) is 22.5. The lowest BCUT2D eigenvalue weighted by Crippen LogP contribution is -2.63. The summed E-state index contributed by atoms with van der Waals surface area (Å²) in [5.74, 6) is 0. The van der Waals surface area contributed by atoms with Gasteiger partial charge in [-0.05, 0) is 46.4 Å². The van der Waals surface area contributed by atoms with Crippen molar-refractivity contribution in [3.8, 4) is 0 Å². The second-order valence-corrected chi connectivity index (χ2v) is 17.3. The summed E-state index contributed by atoms with van der Waals surface area (Å²) in [6, 6.07) is 60.2. The van der Waals surface area contributed by atoms with Crippen LogP contribution in [-0.4, -0.2) is 70.4 Å². The first-order valence-electron chi connectivity index (χ1n) is 21.6. The highest BCUT2D eigenvalue weighted by molar-refractivity contribution is 8.00. The third-order valence-electron chi connectivity index (χ3n) is 11.5. The molecule has 10 atom stereocenters. The van der Waals surface area contributed by atoms with Crippen molar-refractivity contribution >= 4 is 11.8 Å². The molecular formula is C53H56O8S. The number of benzene rings is 6. The SMILES string of the molecule is O[C@@H]1C[C@@H](Sc2ccccc2)[C@H](OCc2ccccc2)[C@@H](OCc2ccccc2)[C@@H]1O[C@H]1C[C@H](O)[C@@H](OCc2ccccc2)[C@H](OCc2ccccc2)[C@H]1OCc1ccccc1. The lowest BCUT2D eigenvalue weighted by atomic mass is 9.84. The van der Waals surface area contributed by atoms with Crippen LogP contribution >= 0.6 is 11.8 Å². The van der Waals surface area contributed by atoms with Gasteiger partial charge in [0.2, 0.25) is 0 Å². The number of ether oxygens (including phenoxy) is 6. The Bertz CT molecular complexity index is 2150. The van der Waals surface area contributed by atoms with Crippen LogP contribution < -0.4 is 0 Å². The maximum Gasteiger partial charge on any atom is 0.115 e. The van der Waals surface area contributed by atoms with Gasteiger partial charge in [-0.1, -0.05) is 170 Å². The van der Waals surface area contributed by atoms with Gasteiger partial charge in [-0.3, -0.25) is 0 Å². The van der Waals surface area contributed by atoms with E-state index in [0.717, 1.165) is 32.7 Å². The molecule has 9 heteroatoms. The summed E-state index contributed by atoms with van der Waals surface area (Å²) in [6.45, 7) is 1.46. The summed E-state index contributed by atoms with van der Waals surface area (Å²) in [6.07, 6.45) is -6.29. The Kier molecular flexibility index (Phi) is 16.0. The third kappa shape index (κ3) is 12.1. The van der Waals surface area contributed by atoms with E-state index in [1.807, 2.05) is 158 Å². The Morgan fingerprint density at radius 2 is 0.677 bits per heavy atom. The molecule has 2 fully saturated rings. The minimum atomic E-state index is -0.975. The zero-order valence-corrected chi connectivity index (χ0v) is 35.6. The van der Waals surface area contributed by atoms with E-state index in [4.69, 9.17) is 28.4 Å². The molecule has 6 aromatic rings. The molecule has 0 amide bonds. The van der Waals surface area contributed by atoms with Gasteiger partial charge >= 0.3 is 0 Å². The van der Waals surface area contributed by atoms with Gasteiger partial charge in [0.05, 0.1) is 57.5 Å². The third-order valence-corrected chi connectivity index (χ3v) is 12.8. The van der Waals surface area contributed by atoms with Crippen LogP contribution in [0.4, 0.5) is 0 Å². The monoisotopic (exact) mass is 852 g/mol. The van der Waals surface area contributed by atoms with E-state index in [-0.39, 0.29) is 38.1 Å². The molecule has 6 aromatic carbocycles. The largest absolute Gasteiger partial charge is 0.390 e. The molecule has 0 bridgehead atoms. The number of hydrogen-bond donors (Lipinski definition) is 2. The van der Waals surface area contributed by atoms with Crippen molar-refractivity contribution in [3.05, 3.63) is 210 Å². The number of aliphatic hydroxyl groups excluding tert-OH is 2. The molecule has 2 aliphatic carbocycles. The molecule has 8 rings (SSSR count). The molecule has 322 valence electrons. The smallest absolute Gasteiger partial charge is 0.115 e. The Labute approximate surface area is 369 Å². The van der Waals surface area contributed by atoms with Gasteiger partial charge in [-0.2, -0.15) is 0 Å². The standard InChI is InChI=1S/C53H56O8S/c54-44-31-46(50(57-34-39-21-9-2-10-22-39)52(59-36-41-25-13-4-14-26-41)48(44)56-33-38-19-7-1-8-20-38)61-49-45(55)32-47(62-43-29-17-6-18-30-43)51(58-35-40-23-11-3-12-24-40)53(49)60-37-42-27-15-5-16-28-42/h1-30,44-55H,31-37H2/t44-,45+,46-,47+,48+,49+,50-,51-,52-,53-/m0/s1. The molecule has 2 aliphatic rings. The zero-order valence-electron chi connectivity index (χ0n) is 34.8. The second-order valence-electron chi connectivity index (χ2n) is 16.0. The Morgan fingerprint density at radius 1 is 0.355 bits per heavy atom. The van der Waals surface area contributed by atoms with Crippen molar-refractivity contribution in [1.82, 2.24) is 0 Å². The summed E-state index contributed by atoms with van der Waals surface area (Å²) < 4.78 is 41.3. The predicted molar refractivity (Wildman–Crippen MR) is 241 cm³/mol. The van der Waals surface area contributed by atoms with Crippen LogP contribution in [0, 0.1) is 0 Å². The highest BCUT2D eigenvalue weighted by Gasteiger charge is 2.52. The normalized spacial score (nSPS) is 26.2. The van der Waals surface area contributed by atoms with Crippen LogP contribution in [0.25, 0.3) is 0 Å². The van der Waals surface area contributed by atoms with Crippen LogP contribution in [0.1, 0.15) is 40.7 Å². The number of rotatable bonds is 19. The molecule has 0 radical (unpaired) electrons. The molecular weight excluding hydrogens is 797 g/mol. The molecule has 0 aliphatic heterocycles. The lowest BCUT2D eigenvalue weighted by Gasteiger charge is -2.49. The first kappa shape index (κ1) is 44.0. The molecule has 2 N–H and O–H groups in total. The minimum absolute atomic E-state index is 0.170. The Morgan fingerprint density at radius 3 is 1.10 bits per heavy atom. The maximum absolute atomic E-state index is 12.3. The van der Waals surface area contributed by atoms with Crippen LogP contribution in [0.2, 0.25) is 0 Å². The molecule has 0 spiro atoms. The molecule has 2 saturated carbocycles. The van der Waals surface area contributed by atoms with E-state index in [2.05, 4.69) is 24.3 Å². The van der Waals surface area contributed by atoms with Crippen molar-refractivity contribution in [2.75, 3.05) is 0 Å². The van der Waals surface area contributed by atoms with Gasteiger partial charge in [-0.15, -0.1) is 11.8 Å². The Hall–Kier alpha value is -4.65. The van der Waals surface area contributed by atoms with E-state index in [9.17, 15) is 10.2 Å². The summed E-state index contributed by atoms with van der Waals surface area (Å²) in [7, 11) is 0. The van der Waals surface area contributed by atoms with Gasteiger partial charge in [0.1, 0.15) is 30.5 Å². The molecule has 0 aromatic heterocycles. The van der Waals surface area contributed by atoms with E-state index < -0.39 is 54.9 Å². The number of aliphatic hydroxyl groups is 2. The number of thioether (sulfide) groups is 1. The quantitative estimate of drug-likeness (QED) is 0.0827. The van der Waals surface area contributed by atoms with Crippen molar-refractivity contribution in [2.45, 2.75) is 111 Å². The second kappa shape index (κ2) is 22.6. The van der Waals surface area contributed by atoms with Crippen molar-refractivity contribution < 1.29 is 38.6 Å². The average molecular weight is 853 g/mol. The lowest BCUT2D eigenvalue weighted by molar-refractivity contribution is -0.271. The summed E-state index contributed by atoms with van der Waals surface area (Å²) in [5, 5.41) is 24.3. The van der Waals surface area contributed by atoms with Crippen LogP contribution in [0.3, 0.4) is 0 Å². The highest BCUT2D eigenvalue weighted by Crippen LogP contribution is 2.41. The molecule has 0 saturated heterocycles. The molecule has 0 unspecified atom stereocenters. The van der Waals surface area contributed by atoms with Crippen molar-refractivity contribution in [2.24, 2.45) is 0 Å². The van der Waals surface area contributed by atoms with E-state index >= 15 is 0 Å². The van der Waals surface area contributed by atoms with Gasteiger partial charge in [-0.25, -0.2) is 0 Å². The summed E-state index contributed by atoms with van der Waals surface area (Å²) in [5.41, 5.74) is 4.97. The summed E-state index contributed by atoms with van der Waals surface area (Å²) in [4.78, 5) is 1.07. The fourth-order valence-corrected chi connectivity index (χ4v) is 9.69. The fourth-order valence-electron chi connectivity index (χ4n) is 8.36. The number of hydrogen-bond acceptors (Lipinski definition) is 9. The van der Waals surface area contributed by atoms with E-state index in [0.29, 0.717) is 13.0 Å². The fraction of sp³-hybridized carbons (Fsp3) is 0.321. The van der Waals surface area contributed by atoms with Crippen LogP contribution in [0.5, 0.6) is 0 Å². The first-order chi connectivity index (χ1) is 30.6. The molecule has 0 heterocycles. The Balaban J connectivity index is 1.13. The van der Waals surface area contributed by atoms with Gasteiger partial charge in [0.15, 0.2) is 0 Å². The van der Waals surface area contributed by atoms with Gasteiger partial charge in [0, 0.05) is 16.6 Å². The topological polar surface area (TPSA) is 95.8 Å².